The highest BCUT2D eigenvalue weighted by Crippen LogP contribution is 2.29. The molecule has 0 aromatic heterocycles. The average Bonchev–Trinajstić information content (AvgIpc) is 2.66. The number of halogens is 1. The van der Waals surface area contributed by atoms with Gasteiger partial charge in [0.05, 0.1) is 11.4 Å². The lowest BCUT2D eigenvalue weighted by atomic mass is 9.78. The SMILES string of the molecule is C[C@H]1[C@H](C)CCC[C@H]1NC(=O)CN1CCN(S(=O)(=O)c2ccc(Cl)cc2)CC1. The third kappa shape index (κ3) is 5.06. The molecule has 1 saturated carbocycles. The molecule has 1 aliphatic heterocycles. The molecule has 3 atom stereocenters. The van der Waals surface area contributed by atoms with Crippen LogP contribution in [0.2, 0.25) is 5.02 Å². The summed E-state index contributed by atoms with van der Waals surface area (Å²) in [6, 6.07) is 6.49. The first-order chi connectivity index (χ1) is 13.3. The van der Waals surface area contributed by atoms with Crippen molar-refractivity contribution in [3.05, 3.63) is 29.3 Å². The van der Waals surface area contributed by atoms with Crippen LogP contribution in [0.4, 0.5) is 0 Å². The number of sulfonamides is 1. The summed E-state index contributed by atoms with van der Waals surface area (Å²) < 4.78 is 27.0. The Bertz CT molecular complexity index is 776. The standard InChI is InChI=1S/C20H30ClN3O3S/c1-15-4-3-5-19(16(15)2)22-20(25)14-23-10-12-24(13-11-23)28(26,27)18-8-6-17(21)7-9-18/h6-9,15-16,19H,3-5,10-14H2,1-2H3,(H,22,25)/t15-,16+,19-/m1/s1. The number of carbonyl (C=O) groups excluding carboxylic acids is 1. The number of piperazine rings is 1. The molecule has 3 rings (SSSR count). The molecule has 1 aromatic rings. The minimum Gasteiger partial charge on any atom is -0.352 e. The van der Waals surface area contributed by atoms with E-state index in [1.54, 1.807) is 12.1 Å². The van der Waals surface area contributed by atoms with E-state index in [0.29, 0.717) is 49.6 Å². The van der Waals surface area contributed by atoms with Gasteiger partial charge in [0, 0.05) is 37.2 Å². The van der Waals surface area contributed by atoms with E-state index in [1.807, 2.05) is 4.90 Å². The molecule has 1 aromatic carbocycles. The molecule has 0 bridgehead atoms. The zero-order valence-electron chi connectivity index (χ0n) is 16.6. The molecule has 2 fully saturated rings. The summed E-state index contributed by atoms with van der Waals surface area (Å²) in [7, 11) is -3.52. The minimum atomic E-state index is -3.52. The monoisotopic (exact) mass is 427 g/mol. The van der Waals surface area contributed by atoms with Crippen LogP contribution in [0.3, 0.4) is 0 Å². The van der Waals surface area contributed by atoms with Crippen molar-refractivity contribution in [3.8, 4) is 0 Å². The van der Waals surface area contributed by atoms with Crippen LogP contribution < -0.4 is 5.32 Å². The maximum Gasteiger partial charge on any atom is 0.243 e. The molecule has 1 aliphatic carbocycles. The number of hydrogen-bond donors (Lipinski definition) is 1. The first-order valence-corrected chi connectivity index (χ1v) is 11.9. The second-order valence-electron chi connectivity index (χ2n) is 8.08. The maximum absolute atomic E-state index is 12.7. The lowest BCUT2D eigenvalue weighted by Gasteiger charge is -2.36. The molecule has 0 unspecified atom stereocenters. The van der Waals surface area contributed by atoms with Crippen molar-refractivity contribution in [2.24, 2.45) is 11.8 Å². The van der Waals surface area contributed by atoms with Crippen LogP contribution in [0.5, 0.6) is 0 Å². The maximum atomic E-state index is 12.7. The first kappa shape index (κ1) is 21.6. The van der Waals surface area contributed by atoms with E-state index in [-0.39, 0.29) is 16.8 Å². The van der Waals surface area contributed by atoms with Gasteiger partial charge in [0.1, 0.15) is 0 Å². The molecule has 0 spiro atoms. The smallest absolute Gasteiger partial charge is 0.243 e. The van der Waals surface area contributed by atoms with Crippen molar-refractivity contribution in [3.63, 3.8) is 0 Å². The summed E-state index contributed by atoms with van der Waals surface area (Å²) in [6.45, 7) is 6.67. The van der Waals surface area contributed by atoms with E-state index in [0.717, 1.165) is 12.8 Å². The number of carbonyl (C=O) groups is 1. The van der Waals surface area contributed by atoms with Crippen LogP contribution >= 0.6 is 11.6 Å². The Labute approximate surface area is 173 Å². The molecule has 8 heteroatoms. The van der Waals surface area contributed by atoms with Crippen LogP contribution in [0.15, 0.2) is 29.2 Å². The summed E-state index contributed by atoms with van der Waals surface area (Å²) in [5, 5.41) is 3.70. The number of hydrogen-bond acceptors (Lipinski definition) is 4. The van der Waals surface area contributed by atoms with Crippen LogP contribution in [0.25, 0.3) is 0 Å². The third-order valence-electron chi connectivity index (χ3n) is 6.20. The number of nitrogens with zero attached hydrogens (tertiary/aromatic N) is 2. The summed E-state index contributed by atoms with van der Waals surface area (Å²) in [4.78, 5) is 14.7. The van der Waals surface area contributed by atoms with Crippen LogP contribution in [0.1, 0.15) is 33.1 Å². The number of benzene rings is 1. The van der Waals surface area contributed by atoms with Crippen molar-refractivity contribution >= 4 is 27.5 Å². The van der Waals surface area contributed by atoms with Gasteiger partial charge in [0.25, 0.3) is 0 Å². The predicted molar refractivity (Wildman–Crippen MR) is 111 cm³/mol. The average molecular weight is 428 g/mol. The Balaban J connectivity index is 1.50. The van der Waals surface area contributed by atoms with Crippen LogP contribution in [0, 0.1) is 11.8 Å². The molecule has 2 aliphatic rings. The van der Waals surface area contributed by atoms with Gasteiger partial charge < -0.3 is 5.32 Å². The van der Waals surface area contributed by atoms with Gasteiger partial charge in [-0.1, -0.05) is 38.3 Å². The minimum absolute atomic E-state index is 0.0416. The molecule has 1 amide bonds. The highest BCUT2D eigenvalue weighted by atomic mass is 35.5. The topological polar surface area (TPSA) is 69.7 Å². The van der Waals surface area contributed by atoms with Crippen molar-refractivity contribution in [1.29, 1.82) is 0 Å². The lowest BCUT2D eigenvalue weighted by Crippen LogP contribution is -2.52. The van der Waals surface area contributed by atoms with E-state index in [9.17, 15) is 13.2 Å². The Morgan fingerprint density at radius 3 is 2.39 bits per heavy atom. The van der Waals surface area contributed by atoms with Gasteiger partial charge in [-0.15, -0.1) is 0 Å². The van der Waals surface area contributed by atoms with Gasteiger partial charge in [-0.3, -0.25) is 9.69 Å². The normalized spacial score (nSPS) is 27.5. The summed E-state index contributed by atoms with van der Waals surface area (Å²) in [5.41, 5.74) is 0. The second-order valence-corrected chi connectivity index (χ2v) is 10.4. The van der Waals surface area contributed by atoms with Gasteiger partial charge in [-0.2, -0.15) is 4.31 Å². The van der Waals surface area contributed by atoms with Crippen LogP contribution in [-0.4, -0.2) is 62.3 Å². The van der Waals surface area contributed by atoms with Gasteiger partial charge in [-0.05, 0) is 42.5 Å². The molecule has 1 heterocycles. The fourth-order valence-electron chi connectivity index (χ4n) is 4.12. The van der Waals surface area contributed by atoms with Crippen molar-refractivity contribution in [2.45, 2.75) is 44.0 Å². The van der Waals surface area contributed by atoms with E-state index in [2.05, 4.69) is 19.2 Å². The van der Waals surface area contributed by atoms with Crippen molar-refractivity contribution in [2.75, 3.05) is 32.7 Å². The summed E-state index contributed by atoms with van der Waals surface area (Å²) in [5.74, 6) is 1.18. The van der Waals surface area contributed by atoms with Crippen molar-refractivity contribution < 1.29 is 13.2 Å². The molecule has 28 heavy (non-hydrogen) atoms. The van der Waals surface area contributed by atoms with Gasteiger partial charge in [-0.25, -0.2) is 8.42 Å². The summed E-state index contributed by atoms with van der Waals surface area (Å²) in [6.07, 6.45) is 3.44. The molecule has 1 saturated heterocycles. The van der Waals surface area contributed by atoms with Gasteiger partial charge in [0.2, 0.25) is 15.9 Å². The third-order valence-corrected chi connectivity index (χ3v) is 8.37. The molecule has 1 N–H and O–H groups in total. The number of nitrogens with one attached hydrogen (secondary N) is 1. The number of amides is 1. The number of rotatable bonds is 5. The van der Waals surface area contributed by atoms with Crippen LogP contribution in [-0.2, 0) is 14.8 Å². The molecule has 0 radical (unpaired) electrons. The quantitative estimate of drug-likeness (QED) is 0.784. The van der Waals surface area contributed by atoms with Gasteiger partial charge in [0.15, 0.2) is 0 Å². The van der Waals surface area contributed by atoms with E-state index in [1.165, 1.54) is 22.9 Å². The molecule has 156 valence electrons. The Hall–Kier alpha value is -1.15. The Kier molecular flexibility index (Phi) is 7.02. The largest absolute Gasteiger partial charge is 0.352 e. The Morgan fingerprint density at radius 2 is 1.75 bits per heavy atom. The lowest BCUT2D eigenvalue weighted by molar-refractivity contribution is -0.124. The molecular formula is C20H30ClN3O3S. The van der Waals surface area contributed by atoms with E-state index in [4.69, 9.17) is 11.6 Å². The zero-order chi connectivity index (χ0) is 20.3. The molecular weight excluding hydrogens is 398 g/mol. The Morgan fingerprint density at radius 1 is 1.11 bits per heavy atom. The highest BCUT2D eigenvalue weighted by molar-refractivity contribution is 7.89. The summed E-state index contributed by atoms with van der Waals surface area (Å²) >= 11 is 5.85. The fraction of sp³-hybridized carbons (Fsp3) is 0.650. The molecule has 6 nitrogen and oxygen atoms in total. The van der Waals surface area contributed by atoms with Crippen molar-refractivity contribution in [1.82, 2.24) is 14.5 Å². The predicted octanol–water partition coefficient (Wildman–Crippen LogP) is 2.59. The van der Waals surface area contributed by atoms with E-state index < -0.39 is 10.0 Å². The highest BCUT2D eigenvalue weighted by Gasteiger charge is 2.31. The van der Waals surface area contributed by atoms with Gasteiger partial charge >= 0.3 is 0 Å². The second kappa shape index (κ2) is 9.11. The zero-order valence-corrected chi connectivity index (χ0v) is 18.2. The fourth-order valence-corrected chi connectivity index (χ4v) is 5.67. The first-order valence-electron chi connectivity index (χ1n) is 10.0. The van der Waals surface area contributed by atoms with E-state index >= 15 is 0 Å².